The van der Waals surface area contributed by atoms with Crippen LogP contribution in [-0.2, 0) is 0 Å². The highest BCUT2D eigenvalue weighted by atomic mass is 19.1. The molecule has 0 unspecified atom stereocenters. The van der Waals surface area contributed by atoms with Gasteiger partial charge < -0.3 is 10.5 Å². The summed E-state index contributed by atoms with van der Waals surface area (Å²) < 4.78 is 19.3. The molecule has 1 aromatic carbocycles. The average Bonchev–Trinajstić information content (AvgIpc) is 2.64. The van der Waals surface area contributed by atoms with Crippen LogP contribution in [-0.4, -0.2) is 27.3 Å². The fourth-order valence-electron chi connectivity index (χ4n) is 1.16. The van der Waals surface area contributed by atoms with Crippen molar-refractivity contribution in [3.8, 4) is 11.4 Å². The zero-order valence-electron chi connectivity index (χ0n) is 7.88. The van der Waals surface area contributed by atoms with Gasteiger partial charge in [0.1, 0.15) is 0 Å². The van der Waals surface area contributed by atoms with E-state index in [-0.39, 0.29) is 11.7 Å². The van der Waals surface area contributed by atoms with Gasteiger partial charge in [0, 0.05) is 6.07 Å². The zero-order chi connectivity index (χ0) is 10.8. The summed E-state index contributed by atoms with van der Waals surface area (Å²) >= 11 is 0. The van der Waals surface area contributed by atoms with Gasteiger partial charge in [0.2, 0.25) is 5.95 Å². The monoisotopic (exact) mass is 209 g/mol. The number of methoxy groups -OCH3 is 1. The Labute approximate surface area is 84.5 Å². The first kappa shape index (κ1) is 9.38. The van der Waals surface area contributed by atoms with E-state index in [1.165, 1.54) is 23.9 Å². The molecule has 0 bridgehead atoms. The van der Waals surface area contributed by atoms with Crippen molar-refractivity contribution in [2.24, 2.45) is 0 Å². The van der Waals surface area contributed by atoms with Crippen molar-refractivity contribution in [3.05, 3.63) is 24.0 Å². The standard InChI is InChI=1S/C8H8FN5O/c1-15-7-3-2-5(4-6(7)9)14-8(10)11-12-13-14/h2-4H,1H3,(H2,10,11,13). The molecule has 0 spiro atoms. The molecule has 2 rings (SSSR count). The summed E-state index contributed by atoms with van der Waals surface area (Å²) in [6, 6.07) is 4.33. The fourth-order valence-corrected chi connectivity index (χ4v) is 1.16. The van der Waals surface area contributed by atoms with Gasteiger partial charge in [-0.1, -0.05) is 5.10 Å². The van der Waals surface area contributed by atoms with E-state index < -0.39 is 5.82 Å². The second-order valence-electron chi connectivity index (χ2n) is 2.77. The lowest BCUT2D eigenvalue weighted by molar-refractivity contribution is 0.386. The highest BCUT2D eigenvalue weighted by molar-refractivity contribution is 5.41. The van der Waals surface area contributed by atoms with E-state index in [1.54, 1.807) is 6.07 Å². The van der Waals surface area contributed by atoms with Gasteiger partial charge in [-0.3, -0.25) is 0 Å². The quantitative estimate of drug-likeness (QED) is 0.774. The van der Waals surface area contributed by atoms with E-state index in [1.807, 2.05) is 0 Å². The van der Waals surface area contributed by atoms with Crippen molar-refractivity contribution in [1.82, 2.24) is 20.2 Å². The van der Waals surface area contributed by atoms with Gasteiger partial charge >= 0.3 is 0 Å². The molecular formula is C8H8FN5O. The number of ether oxygens (including phenoxy) is 1. The Morgan fingerprint density at radius 3 is 2.80 bits per heavy atom. The molecule has 0 atom stereocenters. The number of benzene rings is 1. The zero-order valence-corrected chi connectivity index (χ0v) is 7.88. The Morgan fingerprint density at radius 1 is 1.47 bits per heavy atom. The normalized spacial score (nSPS) is 10.3. The van der Waals surface area contributed by atoms with E-state index in [9.17, 15) is 4.39 Å². The van der Waals surface area contributed by atoms with Crippen molar-refractivity contribution in [1.29, 1.82) is 0 Å². The van der Waals surface area contributed by atoms with Crippen LogP contribution in [0, 0.1) is 5.82 Å². The molecule has 0 saturated heterocycles. The van der Waals surface area contributed by atoms with Crippen molar-refractivity contribution < 1.29 is 9.13 Å². The third kappa shape index (κ3) is 1.58. The third-order valence-electron chi connectivity index (χ3n) is 1.87. The minimum atomic E-state index is -0.495. The number of hydrogen-bond donors (Lipinski definition) is 1. The molecule has 0 amide bonds. The first-order valence-corrected chi connectivity index (χ1v) is 4.10. The van der Waals surface area contributed by atoms with Crippen molar-refractivity contribution in [2.75, 3.05) is 12.8 Å². The average molecular weight is 209 g/mol. The van der Waals surface area contributed by atoms with E-state index in [4.69, 9.17) is 10.5 Å². The van der Waals surface area contributed by atoms with Gasteiger partial charge in [0.05, 0.1) is 12.8 Å². The molecule has 2 aromatic rings. The SMILES string of the molecule is COc1ccc(-n2nnnc2N)cc1F. The van der Waals surface area contributed by atoms with E-state index in [2.05, 4.69) is 15.5 Å². The molecule has 0 aliphatic heterocycles. The number of nitrogens with zero attached hydrogens (tertiary/aromatic N) is 4. The first-order chi connectivity index (χ1) is 7.22. The van der Waals surface area contributed by atoms with Gasteiger partial charge in [-0.25, -0.2) is 4.39 Å². The van der Waals surface area contributed by atoms with E-state index in [0.717, 1.165) is 0 Å². The Balaban J connectivity index is 2.47. The number of aromatic nitrogens is 4. The molecule has 0 aliphatic rings. The summed E-state index contributed by atoms with van der Waals surface area (Å²) in [5, 5.41) is 10.5. The van der Waals surface area contributed by atoms with Crippen LogP contribution in [0.15, 0.2) is 18.2 Å². The van der Waals surface area contributed by atoms with Gasteiger partial charge in [-0.2, -0.15) is 4.68 Å². The molecule has 15 heavy (non-hydrogen) atoms. The Bertz CT molecular complexity index is 484. The lowest BCUT2D eigenvalue weighted by Gasteiger charge is -2.04. The minimum Gasteiger partial charge on any atom is -0.494 e. The smallest absolute Gasteiger partial charge is 0.245 e. The predicted molar refractivity (Wildman–Crippen MR) is 50.1 cm³/mol. The Kier molecular flexibility index (Phi) is 2.20. The third-order valence-corrected chi connectivity index (χ3v) is 1.87. The molecule has 0 saturated carbocycles. The van der Waals surface area contributed by atoms with Gasteiger partial charge in [-0.05, 0) is 22.6 Å². The maximum atomic E-state index is 13.3. The van der Waals surface area contributed by atoms with Crippen molar-refractivity contribution in [2.45, 2.75) is 0 Å². The summed E-state index contributed by atoms with van der Waals surface area (Å²) in [4.78, 5) is 0. The summed E-state index contributed by atoms with van der Waals surface area (Å²) in [6.07, 6.45) is 0. The highest BCUT2D eigenvalue weighted by Crippen LogP contribution is 2.20. The highest BCUT2D eigenvalue weighted by Gasteiger charge is 2.08. The number of anilines is 1. The molecule has 0 radical (unpaired) electrons. The molecule has 7 heteroatoms. The second kappa shape index (κ2) is 3.52. The summed E-state index contributed by atoms with van der Waals surface area (Å²) in [5.74, 6) is -0.241. The largest absolute Gasteiger partial charge is 0.494 e. The van der Waals surface area contributed by atoms with Crippen molar-refractivity contribution in [3.63, 3.8) is 0 Å². The van der Waals surface area contributed by atoms with Crippen LogP contribution in [0.1, 0.15) is 0 Å². The number of nitrogens with two attached hydrogens (primary N) is 1. The number of rotatable bonds is 2. The number of halogens is 1. The fraction of sp³-hybridized carbons (Fsp3) is 0.125. The maximum Gasteiger partial charge on any atom is 0.245 e. The van der Waals surface area contributed by atoms with E-state index >= 15 is 0 Å². The topological polar surface area (TPSA) is 78.8 Å². The van der Waals surface area contributed by atoms with Gasteiger partial charge in [0.25, 0.3) is 0 Å². The molecule has 78 valence electrons. The summed E-state index contributed by atoms with van der Waals surface area (Å²) in [7, 11) is 1.39. The molecule has 2 N–H and O–H groups in total. The first-order valence-electron chi connectivity index (χ1n) is 4.10. The minimum absolute atomic E-state index is 0.0968. The Morgan fingerprint density at radius 2 is 2.27 bits per heavy atom. The second-order valence-corrected chi connectivity index (χ2v) is 2.77. The van der Waals surface area contributed by atoms with Crippen LogP contribution in [0.3, 0.4) is 0 Å². The van der Waals surface area contributed by atoms with E-state index in [0.29, 0.717) is 5.69 Å². The lowest BCUT2D eigenvalue weighted by Crippen LogP contribution is -2.03. The molecule has 1 aromatic heterocycles. The van der Waals surface area contributed by atoms with Crippen molar-refractivity contribution >= 4 is 5.95 Å². The van der Waals surface area contributed by atoms with Crippen LogP contribution in [0.4, 0.5) is 10.3 Å². The molecule has 0 aliphatic carbocycles. The van der Waals surface area contributed by atoms with Crippen LogP contribution in [0.5, 0.6) is 5.75 Å². The number of nitrogen functional groups attached to an aromatic ring is 1. The molecule has 6 nitrogen and oxygen atoms in total. The molecule has 1 heterocycles. The predicted octanol–water partition coefficient (Wildman–Crippen LogP) is 0.392. The summed E-state index contributed by atoms with van der Waals surface area (Å²) in [5.41, 5.74) is 5.91. The molecular weight excluding hydrogens is 201 g/mol. The summed E-state index contributed by atoms with van der Waals surface area (Å²) in [6.45, 7) is 0. The number of hydrogen-bond acceptors (Lipinski definition) is 5. The van der Waals surface area contributed by atoms with Crippen LogP contribution in [0.2, 0.25) is 0 Å². The lowest BCUT2D eigenvalue weighted by atomic mass is 10.3. The number of tetrazole rings is 1. The molecule has 0 fully saturated rings. The maximum absolute atomic E-state index is 13.3. The van der Waals surface area contributed by atoms with Gasteiger partial charge in [0.15, 0.2) is 11.6 Å². The Hall–Kier alpha value is -2.18. The van der Waals surface area contributed by atoms with Crippen LogP contribution >= 0.6 is 0 Å². The van der Waals surface area contributed by atoms with Crippen LogP contribution in [0.25, 0.3) is 5.69 Å². The van der Waals surface area contributed by atoms with Crippen LogP contribution < -0.4 is 10.5 Å². The van der Waals surface area contributed by atoms with Gasteiger partial charge in [-0.15, -0.1) is 0 Å².